The van der Waals surface area contributed by atoms with Crippen LogP contribution in [0.1, 0.15) is 85.5 Å². The lowest BCUT2D eigenvalue weighted by atomic mass is 10.0. The van der Waals surface area contributed by atoms with Gasteiger partial charge in [0.2, 0.25) is 11.8 Å². The van der Waals surface area contributed by atoms with E-state index in [0.717, 1.165) is 36.1 Å². The van der Waals surface area contributed by atoms with Crippen molar-refractivity contribution in [2.24, 2.45) is 0 Å². The highest BCUT2D eigenvalue weighted by Gasteiger charge is 2.45. The third kappa shape index (κ3) is 7.63. The Kier molecular flexibility index (Phi) is 10.7. The molecule has 0 saturated carbocycles. The zero-order chi connectivity index (χ0) is 34.2. The molecule has 1 atom stereocenters. The molecule has 250 valence electrons. The zero-order valence-electron chi connectivity index (χ0n) is 26.4. The van der Waals surface area contributed by atoms with Gasteiger partial charge in [-0.3, -0.25) is 34.2 Å². The summed E-state index contributed by atoms with van der Waals surface area (Å²) in [5.74, 6) is -2.68. The molecule has 0 aliphatic carbocycles. The van der Waals surface area contributed by atoms with Crippen molar-refractivity contribution < 1.29 is 43.3 Å². The maximum atomic E-state index is 13.2. The Labute approximate surface area is 276 Å². The quantitative estimate of drug-likeness (QED) is 0.139. The lowest BCUT2D eigenvalue weighted by Gasteiger charge is -2.27. The number of nitrogens with one attached hydrogen (secondary N) is 3. The number of benzene rings is 3. The number of hydrogen-bond donors (Lipinski definition) is 4. The Hall–Kier alpha value is -5.72. The van der Waals surface area contributed by atoms with Gasteiger partial charge in [-0.1, -0.05) is 31.0 Å². The van der Waals surface area contributed by atoms with Crippen molar-refractivity contribution in [3.05, 3.63) is 88.5 Å². The van der Waals surface area contributed by atoms with E-state index in [1.54, 1.807) is 42.5 Å². The van der Waals surface area contributed by atoms with Gasteiger partial charge in [0.1, 0.15) is 12.6 Å². The maximum absolute atomic E-state index is 13.2. The summed E-state index contributed by atoms with van der Waals surface area (Å²) in [6.45, 7) is 1.24. The molecule has 2 aliphatic heterocycles. The molecule has 48 heavy (non-hydrogen) atoms. The fraction of sp³-hybridized carbons (Fsp3) is 0.314. The predicted molar refractivity (Wildman–Crippen MR) is 173 cm³/mol. The van der Waals surface area contributed by atoms with Gasteiger partial charge in [0, 0.05) is 30.8 Å². The van der Waals surface area contributed by atoms with Crippen LogP contribution in [-0.4, -0.2) is 71.8 Å². The van der Waals surface area contributed by atoms with Crippen LogP contribution in [0.5, 0.6) is 11.5 Å². The smallest absolute Gasteiger partial charge is 0.335 e. The van der Waals surface area contributed by atoms with Gasteiger partial charge < -0.3 is 25.2 Å². The number of carboxylic acid groups (broad SMARTS) is 1. The summed E-state index contributed by atoms with van der Waals surface area (Å²) >= 11 is 0. The number of imide groups is 2. The summed E-state index contributed by atoms with van der Waals surface area (Å²) < 4.78 is 11.0. The van der Waals surface area contributed by atoms with Crippen LogP contribution >= 0.6 is 0 Å². The van der Waals surface area contributed by atoms with Crippen LogP contribution in [0, 0.1) is 0 Å². The van der Waals surface area contributed by atoms with Crippen molar-refractivity contribution in [2.45, 2.75) is 51.2 Å². The molecule has 4 N–H and O–H groups in total. The van der Waals surface area contributed by atoms with Crippen LogP contribution in [0.2, 0.25) is 0 Å². The average Bonchev–Trinajstić information content (AvgIpc) is 3.34. The van der Waals surface area contributed by atoms with Crippen molar-refractivity contribution in [3.63, 3.8) is 0 Å². The topological polar surface area (TPSA) is 180 Å². The molecule has 3 aromatic carbocycles. The monoisotopic (exact) mass is 656 g/mol. The van der Waals surface area contributed by atoms with E-state index in [0.29, 0.717) is 35.8 Å². The number of hydrogen-bond acceptors (Lipinski definition) is 9. The number of unbranched alkanes of at least 4 members (excludes halogenated alkanes) is 3. The highest BCUT2D eigenvalue weighted by molar-refractivity contribution is 6.25. The van der Waals surface area contributed by atoms with Gasteiger partial charge >= 0.3 is 5.97 Å². The number of amides is 5. The molecule has 0 bridgehead atoms. The number of carbonyl (C=O) groups is 6. The Morgan fingerprint density at radius 3 is 2.33 bits per heavy atom. The molecule has 3 aromatic rings. The van der Waals surface area contributed by atoms with Crippen LogP contribution in [0.15, 0.2) is 60.7 Å². The number of nitrogens with zero attached hydrogens (tertiary/aromatic N) is 1. The highest BCUT2D eigenvalue weighted by atomic mass is 16.5. The van der Waals surface area contributed by atoms with Crippen molar-refractivity contribution >= 4 is 41.2 Å². The molecule has 0 spiro atoms. The van der Waals surface area contributed by atoms with Crippen molar-refractivity contribution in [1.29, 1.82) is 0 Å². The Morgan fingerprint density at radius 2 is 1.62 bits per heavy atom. The van der Waals surface area contributed by atoms with Gasteiger partial charge in [0.15, 0.2) is 11.5 Å². The summed E-state index contributed by atoms with van der Waals surface area (Å²) in [5.41, 5.74) is 2.39. The van der Waals surface area contributed by atoms with Gasteiger partial charge in [0.25, 0.3) is 17.7 Å². The fourth-order valence-corrected chi connectivity index (χ4v) is 5.63. The van der Waals surface area contributed by atoms with E-state index in [2.05, 4.69) is 16.0 Å². The average molecular weight is 657 g/mol. The van der Waals surface area contributed by atoms with E-state index in [1.807, 2.05) is 0 Å². The number of piperidine rings is 1. The lowest BCUT2D eigenvalue weighted by molar-refractivity contribution is -0.136. The summed E-state index contributed by atoms with van der Waals surface area (Å²) in [7, 11) is 1.47. The first kappa shape index (κ1) is 33.6. The maximum Gasteiger partial charge on any atom is 0.335 e. The number of rotatable bonds is 15. The number of fused-ring (bicyclic) bond motifs is 1. The molecule has 13 nitrogen and oxygen atoms in total. The number of anilines is 1. The van der Waals surface area contributed by atoms with E-state index in [9.17, 15) is 33.9 Å². The first-order valence-corrected chi connectivity index (χ1v) is 15.7. The van der Waals surface area contributed by atoms with Crippen LogP contribution in [0.3, 0.4) is 0 Å². The second kappa shape index (κ2) is 15.2. The minimum atomic E-state index is -1.07. The van der Waals surface area contributed by atoms with Gasteiger partial charge in [-0.05, 0) is 67.3 Å². The lowest BCUT2D eigenvalue weighted by Crippen LogP contribution is -2.54. The molecular weight excluding hydrogens is 620 g/mol. The summed E-state index contributed by atoms with van der Waals surface area (Å²) in [5, 5.41) is 17.6. The SMILES string of the molecule is COc1ccc(C(=O)O)cc1OCc1ccc(C(=O)NCCCCCCNc2cccc3c2C(=O)N(C2CCC(=O)NC2=O)C3=O)cc1. The summed E-state index contributed by atoms with van der Waals surface area (Å²) in [4.78, 5) is 74.9. The second-order valence-electron chi connectivity index (χ2n) is 11.4. The molecule has 1 fully saturated rings. The van der Waals surface area contributed by atoms with Gasteiger partial charge in [-0.15, -0.1) is 0 Å². The Balaban J connectivity index is 1.01. The number of methoxy groups -OCH3 is 1. The van der Waals surface area contributed by atoms with E-state index in [4.69, 9.17) is 9.47 Å². The van der Waals surface area contributed by atoms with Gasteiger partial charge in [0.05, 0.1) is 23.8 Å². The predicted octanol–water partition coefficient (Wildman–Crippen LogP) is 3.78. The third-order valence-electron chi connectivity index (χ3n) is 8.19. The van der Waals surface area contributed by atoms with Crippen LogP contribution in [-0.2, 0) is 16.2 Å². The minimum absolute atomic E-state index is 0.0637. The van der Waals surface area contributed by atoms with E-state index >= 15 is 0 Å². The second-order valence-corrected chi connectivity index (χ2v) is 11.4. The first-order chi connectivity index (χ1) is 23.2. The Morgan fingerprint density at radius 1 is 0.896 bits per heavy atom. The standard InChI is InChI=1S/C35H36N4O9/c1-47-27-15-13-23(35(45)46)19-28(27)48-20-21-9-11-22(12-10-21)31(41)37-18-5-3-2-4-17-36-25-8-6-7-24-30(25)34(44)39(33(24)43)26-14-16-29(40)38-32(26)42/h6-13,15,19,26,36H,2-5,14,16-18,20H2,1H3,(H,37,41)(H,45,46)(H,38,40,42). The molecule has 0 aromatic heterocycles. The number of aromatic carboxylic acids is 1. The Bertz CT molecular complexity index is 1740. The molecule has 0 radical (unpaired) electrons. The normalized spacial score (nSPS) is 15.5. The number of carboxylic acids is 1. The molecular formula is C35H36N4O9. The first-order valence-electron chi connectivity index (χ1n) is 15.7. The third-order valence-corrected chi connectivity index (χ3v) is 8.19. The largest absolute Gasteiger partial charge is 0.493 e. The van der Waals surface area contributed by atoms with Crippen LogP contribution in [0.4, 0.5) is 5.69 Å². The van der Waals surface area contributed by atoms with E-state index in [-0.39, 0.29) is 42.0 Å². The van der Waals surface area contributed by atoms with Gasteiger partial charge in [-0.2, -0.15) is 0 Å². The van der Waals surface area contributed by atoms with E-state index < -0.39 is 35.6 Å². The molecule has 2 aliphatic rings. The molecule has 5 amide bonds. The van der Waals surface area contributed by atoms with E-state index in [1.165, 1.54) is 25.3 Å². The summed E-state index contributed by atoms with van der Waals surface area (Å²) in [6, 6.07) is 15.3. The molecule has 1 saturated heterocycles. The summed E-state index contributed by atoms with van der Waals surface area (Å²) in [6.07, 6.45) is 3.50. The van der Waals surface area contributed by atoms with Crippen molar-refractivity contribution in [2.75, 3.05) is 25.5 Å². The molecule has 13 heteroatoms. The molecule has 5 rings (SSSR count). The molecule has 1 unspecified atom stereocenters. The van der Waals surface area contributed by atoms with Gasteiger partial charge in [-0.25, -0.2) is 4.79 Å². The van der Waals surface area contributed by atoms with Crippen LogP contribution in [0.25, 0.3) is 0 Å². The minimum Gasteiger partial charge on any atom is -0.493 e. The number of carbonyl (C=O) groups excluding carboxylic acids is 5. The molecule has 2 heterocycles. The highest BCUT2D eigenvalue weighted by Crippen LogP contribution is 2.32. The zero-order valence-corrected chi connectivity index (χ0v) is 26.4. The fourth-order valence-electron chi connectivity index (χ4n) is 5.63. The van der Waals surface area contributed by atoms with Crippen LogP contribution < -0.4 is 25.4 Å². The van der Waals surface area contributed by atoms with Crippen molar-refractivity contribution in [3.8, 4) is 11.5 Å². The van der Waals surface area contributed by atoms with Crippen molar-refractivity contribution in [1.82, 2.24) is 15.5 Å². The number of ether oxygens (including phenoxy) is 2.